The molecule has 1 atom stereocenters. The number of aryl methyl sites for hydroxylation is 1. The van der Waals surface area contributed by atoms with Crippen LogP contribution in [0.15, 0.2) is 42.5 Å². The number of H-pyrrole nitrogens is 1. The molecule has 1 heterocycles. The molecule has 27 heavy (non-hydrogen) atoms. The summed E-state index contributed by atoms with van der Waals surface area (Å²) in [7, 11) is 3.34. The van der Waals surface area contributed by atoms with Gasteiger partial charge in [0.25, 0.3) is 5.91 Å². The maximum Gasteiger partial charge on any atom is 0.254 e. The Balaban J connectivity index is 1.91. The second kappa shape index (κ2) is 7.80. The summed E-state index contributed by atoms with van der Waals surface area (Å²) >= 11 is 6.15. The van der Waals surface area contributed by atoms with Gasteiger partial charge in [0, 0.05) is 25.5 Å². The Bertz CT molecular complexity index is 982. The molecular formula is C20H21ClN4O2. The van der Waals surface area contributed by atoms with Crippen molar-refractivity contribution in [1.29, 1.82) is 0 Å². The Morgan fingerprint density at radius 2 is 1.93 bits per heavy atom. The van der Waals surface area contributed by atoms with Crippen LogP contribution in [0.1, 0.15) is 21.7 Å². The number of aromatic amines is 1. The number of fused-ring (bicyclic) bond motifs is 1. The molecule has 0 radical (unpaired) electrons. The summed E-state index contributed by atoms with van der Waals surface area (Å²) in [6.07, 6.45) is 0.396. The van der Waals surface area contributed by atoms with E-state index < -0.39 is 6.04 Å². The summed E-state index contributed by atoms with van der Waals surface area (Å²) in [6, 6.07) is 12.2. The molecule has 0 aliphatic rings. The lowest BCUT2D eigenvalue weighted by atomic mass is 10.0. The lowest BCUT2D eigenvalue weighted by Crippen LogP contribution is -2.47. The Kier molecular flexibility index (Phi) is 5.46. The van der Waals surface area contributed by atoms with Gasteiger partial charge in [-0.1, -0.05) is 41.9 Å². The summed E-state index contributed by atoms with van der Waals surface area (Å²) in [4.78, 5) is 34.5. The minimum absolute atomic E-state index is 0.177. The maximum atomic E-state index is 13.0. The minimum atomic E-state index is -0.691. The molecule has 2 amide bonds. The molecule has 3 rings (SSSR count). The van der Waals surface area contributed by atoms with Crippen LogP contribution in [0.25, 0.3) is 11.0 Å². The quantitative estimate of drug-likeness (QED) is 0.709. The van der Waals surface area contributed by atoms with Crippen molar-refractivity contribution in [3.63, 3.8) is 0 Å². The predicted octanol–water partition coefficient (Wildman–Crippen LogP) is 2.95. The van der Waals surface area contributed by atoms with E-state index in [2.05, 4.69) is 15.3 Å². The Morgan fingerprint density at radius 3 is 2.59 bits per heavy atom. The average molecular weight is 385 g/mol. The monoisotopic (exact) mass is 384 g/mol. The molecule has 0 fully saturated rings. The van der Waals surface area contributed by atoms with Gasteiger partial charge in [0.05, 0.1) is 11.1 Å². The first-order valence-corrected chi connectivity index (χ1v) is 8.94. The van der Waals surface area contributed by atoms with Gasteiger partial charge in [0.2, 0.25) is 5.91 Å². The van der Waals surface area contributed by atoms with Crippen LogP contribution in [0.4, 0.5) is 0 Å². The fourth-order valence-corrected chi connectivity index (χ4v) is 3.19. The Morgan fingerprint density at radius 1 is 1.22 bits per heavy atom. The van der Waals surface area contributed by atoms with E-state index in [0.29, 0.717) is 33.9 Å². The molecule has 2 aromatic carbocycles. The summed E-state index contributed by atoms with van der Waals surface area (Å²) < 4.78 is 0. The van der Waals surface area contributed by atoms with Crippen LogP contribution in [0.3, 0.4) is 0 Å². The molecule has 0 saturated heterocycles. The Hall–Kier alpha value is -2.86. The number of nitrogens with zero attached hydrogens (tertiary/aromatic N) is 2. The number of aromatic nitrogens is 2. The van der Waals surface area contributed by atoms with Crippen molar-refractivity contribution in [3.05, 3.63) is 64.4 Å². The van der Waals surface area contributed by atoms with Crippen molar-refractivity contribution >= 4 is 34.4 Å². The SMILES string of the molecule is Cc1nc2c(C(=O)N[C@H](Cc3ccccc3)C(=O)N(C)C)cc(Cl)cc2[nH]1. The first-order chi connectivity index (χ1) is 12.8. The van der Waals surface area contributed by atoms with Gasteiger partial charge in [-0.3, -0.25) is 9.59 Å². The number of imidazole rings is 1. The van der Waals surface area contributed by atoms with Gasteiger partial charge in [0.1, 0.15) is 17.4 Å². The van der Waals surface area contributed by atoms with Crippen molar-refractivity contribution < 1.29 is 9.59 Å². The van der Waals surface area contributed by atoms with Crippen molar-refractivity contribution in [1.82, 2.24) is 20.2 Å². The fourth-order valence-electron chi connectivity index (χ4n) is 2.98. The predicted molar refractivity (Wildman–Crippen MR) is 106 cm³/mol. The summed E-state index contributed by atoms with van der Waals surface area (Å²) in [5.41, 5.74) is 2.52. The Labute approximate surface area is 162 Å². The molecule has 0 aliphatic heterocycles. The van der Waals surface area contributed by atoms with Crippen LogP contribution in [-0.2, 0) is 11.2 Å². The second-order valence-corrected chi connectivity index (χ2v) is 7.06. The van der Waals surface area contributed by atoms with E-state index in [-0.39, 0.29) is 11.8 Å². The first kappa shape index (κ1) is 18.9. The second-order valence-electron chi connectivity index (χ2n) is 6.62. The van der Waals surface area contributed by atoms with Gasteiger partial charge in [0.15, 0.2) is 0 Å². The molecule has 3 aromatic rings. The van der Waals surface area contributed by atoms with Crippen molar-refractivity contribution in [3.8, 4) is 0 Å². The van der Waals surface area contributed by atoms with Crippen LogP contribution in [0, 0.1) is 6.92 Å². The smallest absolute Gasteiger partial charge is 0.254 e. The number of hydrogen-bond donors (Lipinski definition) is 2. The highest BCUT2D eigenvalue weighted by Gasteiger charge is 2.25. The number of halogens is 1. The normalized spacial score (nSPS) is 12.0. The van der Waals surface area contributed by atoms with Gasteiger partial charge in [-0.05, 0) is 24.6 Å². The number of rotatable bonds is 5. The highest BCUT2D eigenvalue weighted by atomic mass is 35.5. The van der Waals surface area contributed by atoms with E-state index in [9.17, 15) is 9.59 Å². The average Bonchev–Trinajstić information content (AvgIpc) is 3.00. The van der Waals surface area contributed by atoms with Crippen molar-refractivity contribution in [2.24, 2.45) is 0 Å². The minimum Gasteiger partial charge on any atom is -0.347 e. The number of nitrogens with one attached hydrogen (secondary N) is 2. The molecule has 140 valence electrons. The zero-order chi connectivity index (χ0) is 19.6. The van der Waals surface area contributed by atoms with Crippen LogP contribution in [-0.4, -0.2) is 46.8 Å². The molecule has 7 heteroatoms. The van der Waals surface area contributed by atoms with Crippen LogP contribution in [0.5, 0.6) is 0 Å². The van der Waals surface area contributed by atoms with Crippen molar-refractivity contribution in [2.75, 3.05) is 14.1 Å². The standard InChI is InChI=1S/C20H21ClN4O2/c1-12-22-16-11-14(21)10-15(18(16)23-12)19(26)24-17(20(27)25(2)3)9-13-7-5-4-6-8-13/h4-8,10-11,17H,9H2,1-3H3,(H,22,23)(H,24,26)/t17-/m1/s1. The molecule has 0 saturated carbocycles. The number of likely N-dealkylation sites (N-methyl/N-ethyl adjacent to an activating group) is 1. The molecule has 1 aromatic heterocycles. The summed E-state index contributed by atoms with van der Waals surface area (Å²) in [5, 5.41) is 3.27. The molecule has 6 nitrogen and oxygen atoms in total. The lowest BCUT2D eigenvalue weighted by molar-refractivity contribution is -0.130. The van der Waals surface area contributed by atoms with E-state index >= 15 is 0 Å². The van der Waals surface area contributed by atoms with Crippen LogP contribution in [0.2, 0.25) is 5.02 Å². The third-order valence-corrected chi connectivity index (χ3v) is 4.46. The number of benzene rings is 2. The van der Waals surface area contributed by atoms with E-state index in [1.165, 1.54) is 4.90 Å². The highest BCUT2D eigenvalue weighted by molar-refractivity contribution is 6.32. The van der Waals surface area contributed by atoms with Gasteiger partial charge in [-0.2, -0.15) is 0 Å². The fraction of sp³-hybridized carbons (Fsp3) is 0.250. The molecule has 0 unspecified atom stereocenters. The van der Waals surface area contributed by atoms with Crippen LogP contribution >= 0.6 is 11.6 Å². The summed E-state index contributed by atoms with van der Waals surface area (Å²) in [6.45, 7) is 1.81. The zero-order valence-corrected chi connectivity index (χ0v) is 16.2. The van der Waals surface area contributed by atoms with Crippen LogP contribution < -0.4 is 5.32 Å². The topological polar surface area (TPSA) is 78.1 Å². The first-order valence-electron chi connectivity index (χ1n) is 8.57. The third-order valence-electron chi connectivity index (χ3n) is 4.24. The van der Waals surface area contributed by atoms with E-state index in [0.717, 1.165) is 5.56 Å². The van der Waals surface area contributed by atoms with E-state index in [1.807, 2.05) is 37.3 Å². The number of amides is 2. The van der Waals surface area contributed by atoms with Gasteiger partial charge in [-0.25, -0.2) is 4.98 Å². The molecular weight excluding hydrogens is 364 g/mol. The molecule has 0 spiro atoms. The number of carbonyl (C=O) groups excluding carboxylic acids is 2. The molecule has 0 bridgehead atoms. The van der Waals surface area contributed by atoms with Gasteiger partial charge >= 0.3 is 0 Å². The van der Waals surface area contributed by atoms with Crippen molar-refractivity contribution in [2.45, 2.75) is 19.4 Å². The number of carbonyl (C=O) groups is 2. The zero-order valence-electron chi connectivity index (χ0n) is 15.4. The van der Waals surface area contributed by atoms with Gasteiger partial charge < -0.3 is 15.2 Å². The van der Waals surface area contributed by atoms with Gasteiger partial charge in [-0.15, -0.1) is 0 Å². The van der Waals surface area contributed by atoms with E-state index in [4.69, 9.17) is 11.6 Å². The molecule has 0 aliphatic carbocycles. The molecule has 2 N–H and O–H groups in total. The van der Waals surface area contributed by atoms with E-state index in [1.54, 1.807) is 26.2 Å². The largest absolute Gasteiger partial charge is 0.347 e. The third kappa shape index (κ3) is 4.28. The summed E-state index contributed by atoms with van der Waals surface area (Å²) in [5.74, 6) is 0.125. The maximum absolute atomic E-state index is 13.0. The lowest BCUT2D eigenvalue weighted by Gasteiger charge is -2.22. The highest BCUT2D eigenvalue weighted by Crippen LogP contribution is 2.22. The number of hydrogen-bond acceptors (Lipinski definition) is 3.